The lowest BCUT2D eigenvalue weighted by molar-refractivity contribution is -0.189. The SMILES string of the molecule is CCCCCCCCCc1ccc(OC(F)(F)c2c(F)ccc(Oc3ccc(CCCCCCC)cc3)c2F)cc1. The van der Waals surface area contributed by atoms with Gasteiger partial charge in [-0.05, 0) is 73.2 Å². The second kappa shape index (κ2) is 17.1. The standard InChI is InChI=1S/C35H44F4O2/c1-3-5-7-9-10-12-14-16-28-19-23-30(24-20-28)41-35(38,39)33-31(36)25-26-32(34(33)37)40-29-21-17-27(18-22-29)15-13-11-8-6-4-2/h17-26H,3-16H2,1-2H3. The molecule has 0 aliphatic rings. The molecule has 0 aliphatic heterocycles. The van der Waals surface area contributed by atoms with E-state index in [1.165, 1.54) is 63.5 Å². The van der Waals surface area contributed by atoms with Crippen molar-refractivity contribution in [2.24, 2.45) is 0 Å². The monoisotopic (exact) mass is 572 g/mol. The molecule has 3 rings (SSSR count). The van der Waals surface area contributed by atoms with Crippen LogP contribution in [0, 0.1) is 11.6 Å². The van der Waals surface area contributed by atoms with Gasteiger partial charge in [-0.3, -0.25) is 0 Å². The Labute approximate surface area is 243 Å². The fraction of sp³-hybridized carbons (Fsp3) is 0.486. The van der Waals surface area contributed by atoms with E-state index in [-0.39, 0.29) is 11.5 Å². The number of hydrogen-bond acceptors (Lipinski definition) is 2. The molecule has 0 unspecified atom stereocenters. The zero-order chi connectivity index (χ0) is 29.5. The highest BCUT2D eigenvalue weighted by molar-refractivity contribution is 5.39. The summed E-state index contributed by atoms with van der Waals surface area (Å²) < 4.78 is 70.1. The third-order valence-corrected chi connectivity index (χ3v) is 7.31. The lowest BCUT2D eigenvalue weighted by atomic mass is 10.0. The first kappa shape index (κ1) is 32.5. The normalized spacial score (nSPS) is 11.6. The van der Waals surface area contributed by atoms with Gasteiger partial charge in [-0.15, -0.1) is 0 Å². The summed E-state index contributed by atoms with van der Waals surface area (Å²) in [4.78, 5) is 0. The molecular formula is C35H44F4O2. The van der Waals surface area contributed by atoms with Crippen LogP contribution in [0.5, 0.6) is 17.2 Å². The van der Waals surface area contributed by atoms with E-state index >= 15 is 13.2 Å². The first-order valence-electron chi connectivity index (χ1n) is 15.2. The molecule has 41 heavy (non-hydrogen) atoms. The van der Waals surface area contributed by atoms with Crippen molar-refractivity contribution in [2.45, 2.75) is 110 Å². The zero-order valence-electron chi connectivity index (χ0n) is 24.5. The predicted molar refractivity (Wildman–Crippen MR) is 158 cm³/mol. The van der Waals surface area contributed by atoms with Crippen LogP contribution in [-0.2, 0) is 19.0 Å². The van der Waals surface area contributed by atoms with E-state index in [1.807, 2.05) is 12.1 Å². The van der Waals surface area contributed by atoms with E-state index in [9.17, 15) is 4.39 Å². The van der Waals surface area contributed by atoms with Crippen molar-refractivity contribution in [1.29, 1.82) is 0 Å². The van der Waals surface area contributed by atoms with Crippen LogP contribution < -0.4 is 9.47 Å². The van der Waals surface area contributed by atoms with Crippen molar-refractivity contribution in [3.8, 4) is 17.2 Å². The van der Waals surface area contributed by atoms with Crippen molar-refractivity contribution in [1.82, 2.24) is 0 Å². The number of aryl methyl sites for hydroxylation is 2. The Morgan fingerprint density at radius 2 is 1.02 bits per heavy atom. The zero-order valence-corrected chi connectivity index (χ0v) is 24.5. The minimum atomic E-state index is -4.24. The second-order valence-electron chi connectivity index (χ2n) is 10.8. The van der Waals surface area contributed by atoms with E-state index in [1.54, 1.807) is 24.3 Å². The molecule has 0 spiro atoms. The van der Waals surface area contributed by atoms with Gasteiger partial charge >= 0.3 is 6.11 Å². The Morgan fingerprint density at radius 1 is 0.561 bits per heavy atom. The summed E-state index contributed by atoms with van der Waals surface area (Å²) in [6, 6.07) is 15.1. The Bertz CT molecular complexity index is 1160. The van der Waals surface area contributed by atoms with Crippen molar-refractivity contribution in [3.05, 3.63) is 89.0 Å². The van der Waals surface area contributed by atoms with Crippen LogP contribution in [0.4, 0.5) is 17.6 Å². The molecule has 0 fully saturated rings. The molecule has 0 aromatic heterocycles. The van der Waals surface area contributed by atoms with Crippen LogP contribution in [0.15, 0.2) is 60.7 Å². The summed E-state index contributed by atoms with van der Waals surface area (Å²) >= 11 is 0. The average molecular weight is 573 g/mol. The molecule has 0 bridgehead atoms. The minimum Gasteiger partial charge on any atom is -0.454 e. The number of benzene rings is 3. The third-order valence-electron chi connectivity index (χ3n) is 7.31. The fourth-order valence-electron chi connectivity index (χ4n) is 4.87. The lowest BCUT2D eigenvalue weighted by Crippen LogP contribution is -2.25. The number of alkyl halides is 2. The smallest absolute Gasteiger partial charge is 0.432 e. The average Bonchev–Trinajstić information content (AvgIpc) is 2.95. The van der Waals surface area contributed by atoms with Crippen LogP contribution in [0.25, 0.3) is 0 Å². The lowest BCUT2D eigenvalue weighted by Gasteiger charge is -2.20. The molecule has 3 aromatic carbocycles. The largest absolute Gasteiger partial charge is 0.454 e. The molecule has 0 amide bonds. The highest BCUT2D eigenvalue weighted by atomic mass is 19.3. The summed E-state index contributed by atoms with van der Waals surface area (Å²) in [5.41, 5.74) is 0.637. The van der Waals surface area contributed by atoms with E-state index in [0.29, 0.717) is 0 Å². The maximum absolute atomic E-state index is 15.2. The summed E-state index contributed by atoms with van der Waals surface area (Å²) in [6.07, 6.45) is 11.7. The summed E-state index contributed by atoms with van der Waals surface area (Å²) in [7, 11) is 0. The van der Waals surface area contributed by atoms with Gasteiger partial charge in [0.05, 0.1) is 0 Å². The highest BCUT2D eigenvalue weighted by Crippen LogP contribution is 2.39. The summed E-state index contributed by atoms with van der Waals surface area (Å²) in [5.74, 6) is -3.30. The van der Waals surface area contributed by atoms with Gasteiger partial charge in [-0.1, -0.05) is 102 Å². The van der Waals surface area contributed by atoms with Crippen LogP contribution >= 0.6 is 0 Å². The molecule has 0 aliphatic carbocycles. The highest BCUT2D eigenvalue weighted by Gasteiger charge is 2.42. The van der Waals surface area contributed by atoms with E-state index < -0.39 is 29.1 Å². The first-order chi connectivity index (χ1) is 19.8. The molecule has 0 N–H and O–H groups in total. The van der Waals surface area contributed by atoms with Gasteiger partial charge in [0.15, 0.2) is 11.6 Å². The molecule has 0 saturated carbocycles. The van der Waals surface area contributed by atoms with Gasteiger partial charge < -0.3 is 9.47 Å². The van der Waals surface area contributed by atoms with Crippen molar-refractivity contribution >= 4 is 0 Å². The number of unbranched alkanes of at least 4 members (excludes halogenated alkanes) is 10. The van der Waals surface area contributed by atoms with Gasteiger partial charge in [0.2, 0.25) is 0 Å². The predicted octanol–water partition coefficient (Wildman–Crippen LogP) is 11.7. The summed E-state index contributed by atoms with van der Waals surface area (Å²) in [5, 5.41) is 0. The van der Waals surface area contributed by atoms with Gasteiger partial charge in [0, 0.05) is 0 Å². The van der Waals surface area contributed by atoms with Crippen LogP contribution in [0.2, 0.25) is 0 Å². The number of halogens is 4. The van der Waals surface area contributed by atoms with Gasteiger partial charge in [-0.25, -0.2) is 8.78 Å². The van der Waals surface area contributed by atoms with Crippen molar-refractivity contribution < 1.29 is 27.0 Å². The van der Waals surface area contributed by atoms with Crippen LogP contribution in [-0.4, -0.2) is 0 Å². The second-order valence-corrected chi connectivity index (χ2v) is 10.8. The quantitative estimate of drug-likeness (QED) is 0.105. The molecule has 2 nitrogen and oxygen atoms in total. The van der Waals surface area contributed by atoms with E-state index in [2.05, 4.69) is 13.8 Å². The maximum atomic E-state index is 15.2. The molecule has 6 heteroatoms. The molecule has 224 valence electrons. The van der Waals surface area contributed by atoms with Crippen LogP contribution in [0.1, 0.15) is 108 Å². The fourth-order valence-corrected chi connectivity index (χ4v) is 4.87. The van der Waals surface area contributed by atoms with Gasteiger partial charge in [0.1, 0.15) is 22.9 Å². The van der Waals surface area contributed by atoms with E-state index in [0.717, 1.165) is 61.8 Å². The molecular weight excluding hydrogens is 528 g/mol. The molecule has 0 radical (unpaired) electrons. The molecule has 3 aromatic rings. The van der Waals surface area contributed by atoms with Crippen LogP contribution in [0.3, 0.4) is 0 Å². The number of hydrogen-bond donors (Lipinski definition) is 0. The van der Waals surface area contributed by atoms with E-state index in [4.69, 9.17) is 9.47 Å². The molecule has 0 saturated heterocycles. The van der Waals surface area contributed by atoms with Gasteiger partial charge in [-0.2, -0.15) is 8.78 Å². The number of rotatable bonds is 19. The summed E-state index contributed by atoms with van der Waals surface area (Å²) in [6.45, 7) is 4.37. The van der Waals surface area contributed by atoms with Gasteiger partial charge in [0.25, 0.3) is 0 Å². The molecule has 0 atom stereocenters. The van der Waals surface area contributed by atoms with Crippen molar-refractivity contribution in [2.75, 3.05) is 0 Å². The Kier molecular flexibility index (Phi) is 13.5. The number of ether oxygens (including phenoxy) is 2. The Balaban J connectivity index is 1.58. The third kappa shape index (κ3) is 10.7. The first-order valence-corrected chi connectivity index (χ1v) is 15.2. The Hall–Kier alpha value is -3.02. The minimum absolute atomic E-state index is 0.172. The molecule has 0 heterocycles. The van der Waals surface area contributed by atoms with Crippen molar-refractivity contribution in [3.63, 3.8) is 0 Å². The Morgan fingerprint density at radius 3 is 1.54 bits per heavy atom. The maximum Gasteiger partial charge on any atom is 0.432 e. The topological polar surface area (TPSA) is 18.5 Å².